The smallest absolute Gasteiger partial charge is 0.305 e. The van der Waals surface area contributed by atoms with Crippen molar-refractivity contribution in [2.45, 2.75) is 13.0 Å². The van der Waals surface area contributed by atoms with E-state index in [-0.39, 0.29) is 31.0 Å². The van der Waals surface area contributed by atoms with Gasteiger partial charge in [-0.3, -0.25) is 9.59 Å². The Bertz CT molecular complexity index is 521. The van der Waals surface area contributed by atoms with Crippen LogP contribution in [0.4, 0.5) is 4.39 Å². The first-order chi connectivity index (χ1) is 10.5. The lowest BCUT2D eigenvalue weighted by atomic mass is 10.1. The van der Waals surface area contributed by atoms with E-state index in [0.717, 1.165) is 0 Å². The normalized spacial score (nSPS) is 10.5. The van der Waals surface area contributed by atoms with E-state index in [1.54, 1.807) is 0 Å². The number of nitrogens with zero attached hydrogens (tertiary/aromatic N) is 1. The van der Waals surface area contributed by atoms with Crippen LogP contribution in [0.15, 0.2) is 18.2 Å². The van der Waals surface area contributed by atoms with Gasteiger partial charge in [0.25, 0.3) is 5.91 Å². The highest BCUT2D eigenvalue weighted by atomic mass is 19.1. The van der Waals surface area contributed by atoms with E-state index >= 15 is 0 Å². The first-order valence-electron chi connectivity index (χ1n) is 6.78. The number of amides is 1. The topological polar surface area (TPSA) is 76.1 Å². The van der Waals surface area contributed by atoms with Crippen LogP contribution in [0.5, 0.6) is 0 Å². The van der Waals surface area contributed by atoms with Gasteiger partial charge >= 0.3 is 5.97 Å². The number of methoxy groups -OCH3 is 1. The number of benzene rings is 1. The molecule has 0 aliphatic heterocycles. The molecule has 0 aromatic heterocycles. The molecule has 122 valence electrons. The molecule has 7 heteroatoms. The second-order valence-corrected chi connectivity index (χ2v) is 4.72. The minimum absolute atomic E-state index is 0.0369. The van der Waals surface area contributed by atoms with Crippen LogP contribution in [-0.2, 0) is 20.9 Å². The number of halogens is 1. The van der Waals surface area contributed by atoms with Gasteiger partial charge in [-0.25, -0.2) is 4.39 Å². The Hall–Kier alpha value is -1.99. The van der Waals surface area contributed by atoms with Crippen molar-refractivity contribution in [3.05, 3.63) is 35.1 Å². The molecule has 1 aromatic rings. The number of carbonyl (C=O) groups is 2. The fourth-order valence-corrected chi connectivity index (χ4v) is 1.73. The molecule has 6 nitrogen and oxygen atoms in total. The molecule has 0 bridgehead atoms. The molecule has 0 saturated heterocycles. The highest BCUT2D eigenvalue weighted by Crippen LogP contribution is 2.13. The molecule has 0 unspecified atom stereocenters. The van der Waals surface area contributed by atoms with Gasteiger partial charge in [-0.15, -0.1) is 0 Å². The zero-order valence-electron chi connectivity index (χ0n) is 12.7. The molecule has 0 heterocycles. The average molecular weight is 313 g/mol. The van der Waals surface area contributed by atoms with Crippen LogP contribution in [0.2, 0.25) is 0 Å². The lowest BCUT2D eigenvalue weighted by Crippen LogP contribution is -2.29. The molecule has 22 heavy (non-hydrogen) atoms. The number of carboxylic acid groups (broad SMARTS) is 1. The molecule has 1 N–H and O–H groups in total. The number of ether oxygens (including phenoxy) is 2. The summed E-state index contributed by atoms with van der Waals surface area (Å²) in [5, 5.41) is 8.62. The second kappa shape index (κ2) is 9.11. The summed E-state index contributed by atoms with van der Waals surface area (Å²) in [6.45, 7) is 0.852. The Kier molecular flexibility index (Phi) is 7.48. The standard InChI is InChI=1S/C15H20FNO5/c1-17(6-5-14(18)19)15(20)11-3-4-13(16)12(9-11)10-22-8-7-21-2/h3-4,9H,5-8,10H2,1-2H3,(H,18,19). The van der Waals surface area contributed by atoms with Gasteiger partial charge in [-0.2, -0.15) is 0 Å². The molecule has 0 atom stereocenters. The summed E-state index contributed by atoms with van der Waals surface area (Å²) in [5.41, 5.74) is 0.563. The van der Waals surface area contributed by atoms with Crippen molar-refractivity contribution < 1.29 is 28.6 Å². The van der Waals surface area contributed by atoms with Crippen LogP contribution in [0.3, 0.4) is 0 Å². The SMILES string of the molecule is COCCOCc1cc(C(=O)N(C)CCC(=O)O)ccc1F. The number of rotatable bonds is 9. The molecule has 0 aliphatic carbocycles. The third-order valence-electron chi connectivity index (χ3n) is 2.99. The predicted octanol–water partition coefficient (Wildman–Crippen LogP) is 1.54. The molecule has 0 saturated carbocycles. The van der Waals surface area contributed by atoms with E-state index in [2.05, 4.69) is 0 Å². The van der Waals surface area contributed by atoms with Crippen LogP contribution in [0, 0.1) is 5.82 Å². The molecular weight excluding hydrogens is 293 g/mol. The molecule has 0 aliphatic rings. The van der Waals surface area contributed by atoms with Gasteiger partial charge in [0.15, 0.2) is 0 Å². The zero-order valence-corrected chi connectivity index (χ0v) is 12.7. The van der Waals surface area contributed by atoms with E-state index in [9.17, 15) is 14.0 Å². The summed E-state index contributed by atoms with van der Waals surface area (Å²) in [6.07, 6.45) is -0.142. The van der Waals surface area contributed by atoms with Crippen LogP contribution in [0.25, 0.3) is 0 Å². The third kappa shape index (κ3) is 5.79. The van der Waals surface area contributed by atoms with E-state index in [1.807, 2.05) is 0 Å². The summed E-state index contributed by atoms with van der Waals surface area (Å²) in [7, 11) is 3.04. The Labute approximate surface area is 128 Å². The van der Waals surface area contributed by atoms with Crippen molar-refractivity contribution in [3.63, 3.8) is 0 Å². The van der Waals surface area contributed by atoms with Gasteiger partial charge in [-0.05, 0) is 18.2 Å². The van der Waals surface area contributed by atoms with Crippen molar-refractivity contribution in [2.75, 3.05) is 33.9 Å². The average Bonchev–Trinajstić information content (AvgIpc) is 2.50. The maximum absolute atomic E-state index is 13.7. The molecule has 1 rings (SSSR count). The fraction of sp³-hybridized carbons (Fsp3) is 0.467. The highest BCUT2D eigenvalue weighted by molar-refractivity contribution is 5.94. The highest BCUT2D eigenvalue weighted by Gasteiger charge is 2.15. The van der Waals surface area contributed by atoms with E-state index in [4.69, 9.17) is 14.6 Å². The van der Waals surface area contributed by atoms with Gasteiger partial charge in [0, 0.05) is 31.8 Å². The number of hydrogen-bond acceptors (Lipinski definition) is 4. The molecule has 1 aromatic carbocycles. The minimum Gasteiger partial charge on any atom is -0.481 e. The lowest BCUT2D eigenvalue weighted by Gasteiger charge is -2.16. The number of aliphatic carboxylic acids is 1. The van der Waals surface area contributed by atoms with Crippen LogP contribution in [0.1, 0.15) is 22.3 Å². The zero-order chi connectivity index (χ0) is 16.5. The summed E-state index contributed by atoms with van der Waals surface area (Å²) in [5.74, 6) is -1.80. The van der Waals surface area contributed by atoms with Gasteiger partial charge in [0.05, 0.1) is 26.2 Å². The molecule has 1 amide bonds. The number of carboxylic acids is 1. The van der Waals surface area contributed by atoms with Crippen molar-refractivity contribution in [1.29, 1.82) is 0 Å². The fourth-order valence-electron chi connectivity index (χ4n) is 1.73. The monoisotopic (exact) mass is 313 g/mol. The van der Waals surface area contributed by atoms with Crippen LogP contribution >= 0.6 is 0 Å². The molecule has 0 spiro atoms. The van der Waals surface area contributed by atoms with E-state index in [1.165, 1.54) is 37.3 Å². The Balaban J connectivity index is 2.70. The van der Waals surface area contributed by atoms with Gasteiger partial charge in [-0.1, -0.05) is 0 Å². The summed E-state index contributed by atoms with van der Waals surface area (Å²) < 4.78 is 23.8. The molecule has 0 fully saturated rings. The third-order valence-corrected chi connectivity index (χ3v) is 2.99. The number of hydrogen-bond donors (Lipinski definition) is 1. The van der Waals surface area contributed by atoms with Gasteiger partial charge < -0.3 is 19.5 Å². The van der Waals surface area contributed by atoms with E-state index < -0.39 is 11.8 Å². The lowest BCUT2D eigenvalue weighted by molar-refractivity contribution is -0.137. The molecule has 0 radical (unpaired) electrons. The maximum atomic E-state index is 13.7. The van der Waals surface area contributed by atoms with Crippen molar-refractivity contribution in [2.24, 2.45) is 0 Å². The maximum Gasteiger partial charge on any atom is 0.305 e. The predicted molar refractivity (Wildman–Crippen MR) is 77.1 cm³/mol. The van der Waals surface area contributed by atoms with E-state index in [0.29, 0.717) is 18.8 Å². The van der Waals surface area contributed by atoms with Crippen LogP contribution in [-0.4, -0.2) is 55.8 Å². The largest absolute Gasteiger partial charge is 0.481 e. The molecular formula is C15H20FNO5. The first-order valence-corrected chi connectivity index (χ1v) is 6.78. The van der Waals surface area contributed by atoms with Crippen molar-refractivity contribution >= 4 is 11.9 Å². The van der Waals surface area contributed by atoms with Gasteiger partial charge in [0.1, 0.15) is 5.82 Å². The summed E-state index contributed by atoms with van der Waals surface area (Å²) in [6, 6.07) is 3.99. The first kappa shape index (κ1) is 18.1. The summed E-state index contributed by atoms with van der Waals surface area (Å²) in [4.78, 5) is 24.0. The number of carbonyl (C=O) groups excluding carboxylic acids is 1. The summed E-state index contributed by atoms with van der Waals surface area (Å²) >= 11 is 0. The second-order valence-electron chi connectivity index (χ2n) is 4.72. The Morgan fingerprint density at radius 3 is 2.68 bits per heavy atom. The quantitative estimate of drug-likeness (QED) is 0.700. The minimum atomic E-state index is -0.981. The Morgan fingerprint density at radius 1 is 1.32 bits per heavy atom. The van der Waals surface area contributed by atoms with Gasteiger partial charge in [0.2, 0.25) is 0 Å². The van der Waals surface area contributed by atoms with Crippen molar-refractivity contribution in [1.82, 2.24) is 4.90 Å². The van der Waals surface area contributed by atoms with Crippen molar-refractivity contribution in [3.8, 4) is 0 Å². The Morgan fingerprint density at radius 2 is 2.05 bits per heavy atom. The van der Waals surface area contributed by atoms with Crippen LogP contribution < -0.4 is 0 Å².